The molecule has 1 aliphatic carbocycles. The van der Waals surface area contributed by atoms with Crippen LogP contribution in [-0.4, -0.2) is 30.5 Å². The van der Waals surface area contributed by atoms with Crippen molar-refractivity contribution in [3.8, 4) is 6.07 Å². The fraction of sp³-hybridized carbons (Fsp3) is 0.333. The van der Waals surface area contributed by atoms with Gasteiger partial charge in [-0.15, -0.1) is 0 Å². The minimum absolute atomic E-state index is 0.00233. The number of benzene rings is 1. The molecule has 6 nitrogen and oxygen atoms in total. The van der Waals surface area contributed by atoms with Gasteiger partial charge in [-0.1, -0.05) is 0 Å². The molecule has 3 heterocycles. The Balaban J connectivity index is 1.69. The number of nitrogens with zero attached hydrogens (tertiary/aromatic N) is 6. The Hall–Kier alpha value is -3.48. The van der Waals surface area contributed by atoms with Gasteiger partial charge in [0.15, 0.2) is 0 Å². The number of imidazole rings is 1. The molecular formula is C21H16F4N6. The first-order chi connectivity index (χ1) is 14.8. The highest BCUT2D eigenvalue weighted by Crippen LogP contribution is 2.38. The lowest BCUT2D eigenvalue weighted by molar-refractivity contribution is -0.137. The van der Waals surface area contributed by atoms with Gasteiger partial charge in [0.05, 0.1) is 47.2 Å². The molecule has 2 unspecified atom stereocenters. The highest BCUT2D eigenvalue weighted by atomic mass is 19.4. The SMILES string of the molecule is N#Cc1ccc2ncc3nc(Cn4cc(C(F)(F)F)cn4)n(C4CCC(F)C4)c3c2c1. The first-order valence-corrected chi connectivity index (χ1v) is 9.77. The van der Waals surface area contributed by atoms with Crippen molar-refractivity contribution in [1.82, 2.24) is 24.3 Å². The lowest BCUT2D eigenvalue weighted by Crippen LogP contribution is -2.14. The molecule has 0 aliphatic heterocycles. The van der Waals surface area contributed by atoms with Crippen molar-refractivity contribution in [3.05, 3.63) is 53.7 Å². The number of pyridine rings is 1. The molecule has 0 amide bonds. The molecule has 158 valence electrons. The third-order valence-corrected chi connectivity index (χ3v) is 5.69. The number of hydrogen-bond donors (Lipinski definition) is 0. The zero-order valence-corrected chi connectivity index (χ0v) is 16.1. The Bertz CT molecular complexity index is 1330. The van der Waals surface area contributed by atoms with Crippen molar-refractivity contribution >= 4 is 21.9 Å². The maximum absolute atomic E-state index is 14.1. The quantitative estimate of drug-likeness (QED) is 0.440. The molecule has 1 aromatic carbocycles. The first kappa shape index (κ1) is 19.5. The molecule has 0 radical (unpaired) electrons. The number of alkyl halides is 4. The number of nitriles is 1. The molecule has 3 aromatic heterocycles. The summed E-state index contributed by atoms with van der Waals surface area (Å²) in [6, 6.07) is 7.03. The third kappa shape index (κ3) is 3.40. The Labute approximate surface area is 173 Å². The average molecular weight is 428 g/mol. The van der Waals surface area contributed by atoms with Crippen LogP contribution in [0.5, 0.6) is 0 Å². The zero-order valence-electron chi connectivity index (χ0n) is 16.1. The van der Waals surface area contributed by atoms with E-state index in [-0.39, 0.29) is 12.6 Å². The number of rotatable bonds is 3. The molecule has 2 atom stereocenters. The summed E-state index contributed by atoms with van der Waals surface area (Å²) in [6.45, 7) is -0.00233. The maximum Gasteiger partial charge on any atom is 0.419 e. The van der Waals surface area contributed by atoms with Gasteiger partial charge in [-0.2, -0.15) is 23.5 Å². The van der Waals surface area contributed by atoms with Crippen molar-refractivity contribution < 1.29 is 17.6 Å². The van der Waals surface area contributed by atoms with Gasteiger partial charge >= 0.3 is 6.18 Å². The topological polar surface area (TPSA) is 72.3 Å². The molecule has 0 saturated heterocycles. The largest absolute Gasteiger partial charge is 0.419 e. The highest BCUT2D eigenvalue weighted by Gasteiger charge is 2.33. The standard InChI is InChI=1S/C21H16F4N6/c22-14-2-3-15(6-14)31-19(11-30-10-13(8-28-30)21(23,24)25)29-18-9-27-17-4-1-12(7-26)5-16(17)20(18)31/h1,4-5,8-10,14-15H,2-3,6,11H2. The van der Waals surface area contributed by atoms with Crippen LogP contribution in [0.25, 0.3) is 21.9 Å². The van der Waals surface area contributed by atoms with Crippen LogP contribution in [0.2, 0.25) is 0 Å². The van der Waals surface area contributed by atoms with Crippen LogP contribution in [0.4, 0.5) is 17.6 Å². The van der Waals surface area contributed by atoms with Gasteiger partial charge in [-0.25, -0.2) is 9.37 Å². The van der Waals surface area contributed by atoms with E-state index in [2.05, 4.69) is 21.1 Å². The van der Waals surface area contributed by atoms with E-state index in [1.54, 1.807) is 24.4 Å². The summed E-state index contributed by atoms with van der Waals surface area (Å²) in [6.07, 6.45) is -0.830. The van der Waals surface area contributed by atoms with Crippen LogP contribution >= 0.6 is 0 Å². The number of fused-ring (bicyclic) bond motifs is 3. The average Bonchev–Trinajstić information content (AvgIpc) is 3.45. The summed E-state index contributed by atoms with van der Waals surface area (Å²) >= 11 is 0. The fourth-order valence-electron chi connectivity index (χ4n) is 4.28. The van der Waals surface area contributed by atoms with E-state index < -0.39 is 17.9 Å². The molecule has 1 fully saturated rings. The van der Waals surface area contributed by atoms with Gasteiger partial charge in [0, 0.05) is 17.6 Å². The first-order valence-electron chi connectivity index (χ1n) is 9.77. The second-order valence-corrected chi connectivity index (χ2v) is 7.72. The molecule has 1 aliphatic rings. The second-order valence-electron chi connectivity index (χ2n) is 7.72. The Kier molecular flexibility index (Phi) is 4.43. The van der Waals surface area contributed by atoms with E-state index in [0.717, 1.165) is 12.4 Å². The number of halogens is 4. The summed E-state index contributed by atoms with van der Waals surface area (Å²) in [5.41, 5.74) is 1.52. The highest BCUT2D eigenvalue weighted by molar-refractivity contribution is 6.02. The van der Waals surface area contributed by atoms with Crippen molar-refractivity contribution in [2.45, 2.75) is 44.2 Å². The molecule has 0 spiro atoms. The van der Waals surface area contributed by atoms with E-state index in [4.69, 9.17) is 0 Å². The molecule has 5 rings (SSSR count). The van der Waals surface area contributed by atoms with E-state index in [1.807, 2.05) is 4.57 Å². The van der Waals surface area contributed by atoms with Crippen LogP contribution in [-0.2, 0) is 12.7 Å². The predicted molar refractivity (Wildman–Crippen MR) is 104 cm³/mol. The van der Waals surface area contributed by atoms with Gasteiger partial charge in [-0.3, -0.25) is 9.67 Å². The van der Waals surface area contributed by atoms with Crippen LogP contribution < -0.4 is 0 Å². The third-order valence-electron chi connectivity index (χ3n) is 5.69. The molecule has 1 saturated carbocycles. The van der Waals surface area contributed by atoms with E-state index in [0.29, 0.717) is 52.6 Å². The molecule has 31 heavy (non-hydrogen) atoms. The summed E-state index contributed by atoms with van der Waals surface area (Å²) in [4.78, 5) is 9.00. The van der Waals surface area contributed by atoms with Crippen molar-refractivity contribution in [2.24, 2.45) is 0 Å². The van der Waals surface area contributed by atoms with Crippen molar-refractivity contribution in [2.75, 3.05) is 0 Å². The van der Waals surface area contributed by atoms with Crippen LogP contribution in [0.15, 0.2) is 36.8 Å². The molecule has 4 aromatic rings. The van der Waals surface area contributed by atoms with Crippen LogP contribution in [0.1, 0.15) is 42.3 Å². The van der Waals surface area contributed by atoms with Crippen molar-refractivity contribution in [3.63, 3.8) is 0 Å². The van der Waals surface area contributed by atoms with Gasteiger partial charge in [0.2, 0.25) is 0 Å². The van der Waals surface area contributed by atoms with Crippen LogP contribution in [0.3, 0.4) is 0 Å². The predicted octanol–water partition coefficient (Wildman–Crippen LogP) is 4.78. The Morgan fingerprint density at radius 2 is 2.00 bits per heavy atom. The van der Waals surface area contributed by atoms with Gasteiger partial charge < -0.3 is 4.57 Å². The fourth-order valence-corrected chi connectivity index (χ4v) is 4.28. The minimum atomic E-state index is -4.49. The Morgan fingerprint density at radius 1 is 1.16 bits per heavy atom. The normalized spacial score (nSPS) is 19.3. The Morgan fingerprint density at radius 3 is 2.68 bits per heavy atom. The van der Waals surface area contributed by atoms with Crippen LogP contribution in [0, 0.1) is 11.3 Å². The van der Waals surface area contributed by atoms with Crippen molar-refractivity contribution in [1.29, 1.82) is 5.26 Å². The molecule has 10 heteroatoms. The van der Waals surface area contributed by atoms with E-state index in [1.165, 1.54) is 4.68 Å². The molecule has 0 bridgehead atoms. The number of hydrogen-bond acceptors (Lipinski definition) is 4. The lowest BCUT2D eigenvalue weighted by atomic mass is 10.1. The van der Waals surface area contributed by atoms with Gasteiger partial charge in [0.25, 0.3) is 0 Å². The molecular weight excluding hydrogens is 412 g/mol. The molecule has 0 N–H and O–H groups in total. The van der Waals surface area contributed by atoms with Gasteiger partial charge in [-0.05, 0) is 37.5 Å². The van der Waals surface area contributed by atoms with Gasteiger partial charge in [0.1, 0.15) is 17.5 Å². The van der Waals surface area contributed by atoms with E-state index >= 15 is 0 Å². The summed E-state index contributed by atoms with van der Waals surface area (Å²) in [7, 11) is 0. The summed E-state index contributed by atoms with van der Waals surface area (Å²) in [5.74, 6) is 0.475. The smallest absolute Gasteiger partial charge is 0.323 e. The summed E-state index contributed by atoms with van der Waals surface area (Å²) in [5, 5.41) is 13.8. The summed E-state index contributed by atoms with van der Waals surface area (Å²) < 4.78 is 56.0. The second kappa shape index (κ2) is 7.04. The maximum atomic E-state index is 14.1. The lowest BCUT2D eigenvalue weighted by Gasteiger charge is -2.17. The number of aromatic nitrogens is 5. The zero-order chi connectivity index (χ0) is 21.8. The monoisotopic (exact) mass is 428 g/mol. The van der Waals surface area contributed by atoms with E-state index in [9.17, 15) is 22.8 Å². The minimum Gasteiger partial charge on any atom is -0.323 e.